The summed E-state index contributed by atoms with van der Waals surface area (Å²) in [6, 6.07) is 11.1. The molecule has 0 spiro atoms. The number of carbonyl (C=O) groups is 1. The topological polar surface area (TPSA) is 84.9 Å². The van der Waals surface area contributed by atoms with Crippen molar-refractivity contribution in [3.63, 3.8) is 0 Å². The van der Waals surface area contributed by atoms with Gasteiger partial charge in [-0.05, 0) is 54.7 Å². The summed E-state index contributed by atoms with van der Waals surface area (Å²) >= 11 is 0. The third-order valence-electron chi connectivity index (χ3n) is 5.36. The molecule has 2 atom stereocenters. The first-order valence-electron chi connectivity index (χ1n) is 10.1. The van der Waals surface area contributed by atoms with Crippen LogP contribution in [-0.2, 0) is 10.0 Å². The van der Waals surface area contributed by atoms with Gasteiger partial charge in [0.05, 0.1) is 4.90 Å². The number of benzene rings is 2. The van der Waals surface area contributed by atoms with Crippen LogP contribution in [0.4, 0.5) is 5.69 Å². The van der Waals surface area contributed by atoms with Crippen molar-refractivity contribution in [1.29, 1.82) is 0 Å². The highest BCUT2D eigenvalue weighted by Crippen LogP contribution is 2.32. The van der Waals surface area contributed by atoms with Gasteiger partial charge in [-0.1, -0.05) is 13.8 Å². The minimum atomic E-state index is -3.80. The number of nitrogens with zero attached hydrogens (tertiary/aromatic N) is 1. The summed E-state index contributed by atoms with van der Waals surface area (Å²) in [6.07, 6.45) is 1.13. The van der Waals surface area contributed by atoms with Crippen LogP contribution in [0.25, 0.3) is 0 Å². The lowest BCUT2D eigenvalue weighted by molar-refractivity contribution is 0.0623. The van der Waals surface area contributed by atoms with E-state index in [1.807, 2.05) is 4.90 Å². The minimum Gasteiger partial charge on any atom is -0.486 e. The number of fused-ring (bicyclic) bond motifs is 1. The Morgan fingerprint density at radius 1 is 0.967 bits per heavy atom. The van der Waals surface area contributed by atoms with Gasteiger partial charge in [0.25, 0.3) is 15.9 Å². The zero-order chi connectivity index (χ0) is 21.3. The van der Waals surface area contributed by atoms with Gasteiger partial charge in [-0.15, -0.1) is 0 Å². The molecule has 2 aromatic carbocycles. The number of hydrogen-bond acceptors (Lipinski definition) is 5. The molecule has 0 unspecified atom stereocenters. The second kappa shape index (κ2) is 8.18. The van der Waals surface area contributed by atoms with Crippen molar-refractivity contribution < 1.29 is 22.7 Å². The first-order valence-corrected chi connectivity index (χ1v) is 11.6. The number of nitrogens with one attached hydrogen (secondary N) is 1. The van der Waals surface area contributed by atoms with E-state index in [1.54, 1.807) is 30.3 Å². The number of rotatable bonds is 4. The molecule has 7 nitrogen and oxygen atoms in total. The van der Waals surface area contributed by atoms with Crippen molar-refractivity contribution >= 4 is 21.6 Å². The Balaban J connectivity index is 1.47. The molecule has 2 aliphatic heterocycles. The van der Waals surface area contributed by atoms with Crippen LogP contribution in [0.2, 0.25) is 0 Å². The van der Waals surface area contributed by atoms with E-state index in [-0.39, 0.29) is 10.8 Å². The zero-order valence-electron chi connectivity index (χ0n) is 17.1. The van der Waals surface area contributed by atoms with E-state index in [2.05, 4.69) is 18.6 Å². The first-order chi connectivity index (χ1) is 14.3. The van der Waals surface area contributed by atoms with Crippen molar-refractivity contribution in [3.8, 4) is 11.5 Å². The van der Waals surface area contributed by atoms with Crippen LogP contribution in [0, 0.1) is 11.8 Å². The predicted molar refractivity (Wildman–Crippen MR) is 114 cm³/mol. The van der Waals surface area contributed by atoms with Gasteiger partial charge in [-0.25, -0.2) is 8.42 Å². The summed E-state index contributed by atoms with van der Waals surface area (Å²) in [5.41, 5.74) is 0.945. The molecular weight excluding hydrogens is 404 g/mol. The normalized spacial score (nSPS) is 21.2. The third kappa shape index (κ3) is 4.38. The Bertz CT molecular complexity index is 1030. The molecule has 0 radical (unpaired) electrons. The molecule has 1 fully saturated rings. The highest BCUT2D eigenvalue weighted by molar-refractivity contribution is 7.92. The largest absolute Gasteiger partial charge is 0.486 e. The summed E-state index contributed by atoms with van der Waals surface area (Å²) in [6.45, 7) is 6.65. The second-order valence-corrected chi connectivity index (χ2v) is 9.83. The standard InChI is InChI=1S/C22H26N2O5S/c1-15-11-16(2)14-24(13-15)22(25)17-3-5-18(6-4-17)23-30(26,27)19-7-8-20-21(12-19)29-10-9-28-20/h3-8,12,15-16,23H,9-11,13-14H2,1-2H3/t15-,16+. The lowest BCUT2D eigenvalue weighted by atomic mass is 9.91. The lowest BCUT2D eigenvalue weighted by Crippen LogP contribution is -2.42. The fraction of sp³-hybridized carbons (Fsp3) is 0.409. The van der Waals surface area contributed by atoms with Crippen LogP contribution < -0.4 is 14.2 Å². The summed E-state index contributed by atoms with van der Waals surface area (Å²) < 4.78 is 38.9. The quantitative estimate of drug-likeness (QED) is 0.804. The van der Waals surface area contributed by atoms with E-state index in [1.165, 1.54) is 12.1 Å². The van der Waals surface area contributed by atoms with Gasteiger partial charge in [-0.3, -0.25) is 9.52 Å². The number of amides is 1. The summed E-state index contributed by atoms with van der Waals surface area (Å²) in [5, 5.41) is 0. The number of likely N-dealkylation sites (tertiary alicyclic amines) is 1. The maximum absolute atomic E-state index is 12.8. The molecule has 0 aromatic heterocycles. The summed E-state index contributed by atoms with van der Waals surface area (Å²) in [7, 11) is -3.80. The van der Waals surface area contributed by atoms with Crippen molar-refractivity contribution in [2.75, 3.05) is 31.0 Å². The maximum atomic E-state index is 12.8. The Kier molecular flexibility index (Phi) is 5.60. The average molecular weight is 431 g/mol. The van der Waals surface area contributed by atoms with E-state index in [0.29, 0.717) is 47.8 Å². The maximum Gasteiger partial charge on any atom is 0.262 e. The van der Waals surface area contributed by atoms with Crippen LogP contribution in [0.1, 0.15) is 30.6 Å². The Labute approximate surface area is 177 Å². The lowest BCUT2D eigenvalue weighted by Gasteiger charge is -2.35. The first kappa shape index (κ1) is 20.5. The van der Waals surface area contributed by atoms with Crippen molar-refractivity contribution in [3.05, 3.63) is 48.0 Å². The van der Waals surface area contributed by atoms with Crippen LogP contribution in [0.3, 0.4) is 0 Å². The van der Waals surface area contributed by atoms with Crippen LogP contribution in [-0.4, -0.2) is 45.5 Å². The fourth-order valence-corrected chi connectivity index (χ4v) is 5.17. The van der Waals surface area contributed by atoms with Crippen molar-refractivity contribution in [2.24, 2.45) is 11.8 Å². The van der Waals surface area contributed by atoms with Crippen molar-refractivity contribution in [1.82, 2.24) is 4.90 Å². The number of piperidine rings is 1. The zero-order valence-corrected chi connectivity index (χ0v) is 17.9. The van der Waals surface area contributed by atoms with Gasteiger partial charge < -0.3 is 14.4 Å². The van der Waals surface area contributed by atoms with E-state index in [9.17, 15) is 13.2 Å². The van der Waals surface area contributed by atoms with E-state index in [0.717, 1.165) is 19.5 Å². The Morgan fingerprint density at radius 3 is 2.27 bits per heavy atom. The smallest absolute Gasteiger partial charge is 0.262 e. The molecule has 0 saturated carbocycles. The molecule has 0 bridgehead atoms. The molecule has 2 heterocycles. The monoisotopic (exact) mass is 430 g/mol. The highest BCUT2D eigenvalue weighted by atomic mass is 32.2. The average Bonchev–Trinajstić information content (AvgIpc) is 2.72. The Morgan fingerprint density at radius 2 is 1.60 bits per heavy atom. The fourth-order valence-electron chi connectivity index (χ4n) is 4.10. The van der Waals surface area contributed by atoms with Crippen molar-refractivity contribution in [2.45, 2.75) is 25.2 Å². The molecule has 1 amide bonds. The third-order valence-corrected chi connectivity index (χ3v) is 6.74. The number of anilines is 1. The van der Waals surface area contributed by atoms with E-state index in [4.69, 9.17) is 9.47 Å². The van der Waals surface area contributed by atoms with Gasteiger partial charge in [0.2, 0.25) is 0 Å². The van der Waals surface area contributed by atoms with Gasteiger partial charge in [0, 0.05) is 30.4 Å². The molecule has 2 aromatic rings. The van der Waals surface area contributed by atoms with Crippen LogP contribution >= 0.6 is 0 Å². The predicted octanol–water partition coefficient (Wildman–Crippen LogP) is 3.38. The molecule has 30 heavy (non-hydrogen) atoms. The molecule has 1 N–H and O–H groups in total. The SMILES string of the molecule is C[C@@H]1C[C@H](C)CN(C(=O)c2ccc(NS(=O)(=O)c3ccc4c(c3)OCCO4)cc2)C1. The minimum absolute atomic E-state index is 0.0188. The van der Waals surface area contributed by atoms with Gasteiger partial charge in [0.15, 0.2) is 11.5 Å². The molecule has 0 aliphatic carbocycles. The number of hydrogen-bond donors (Lipinski definition) is 1. The molecule has 160 valence electrons. The number of carbonyl (C=O) groups excluding carboxylic acids is 1. The Hall–Kier alpha value is -2.74. The van der Waals surface area contributed by atoms with Gasteiger partial charge in [0.1, 0.15) is 13.2 Å². The van der Waals surface area contributed by atoms with E-state index < -0.39 is 10.0 Å². The number of ether oxygens (including phenoxy) is 2. The molecule has 2 aliphatic rings. The van der Waals surface area contributed by atoms with Crippen LogP contribution in [0.15, 0.2) is 47.4 Å². The van der Waals surface area contributed by atoms with Gasteiger partial charge in [-0.2, -0.15) is 0 Å². The second-order valence-electron chi connectivity index (χ2n) is 8.14. The van der Waals surface area contributed by atoms with Gasteiger partial charge >= 0.3 is 0 Å². The van der Waals surface area contributed by atoms with E-state index >= 15 is 0 Å². The molecule has 4 rings (SSSR count). The molecular formula is C22H26N2O5S. The van der Waals surface area contributed by atoms with Crippen LogP contribution in [0.5, 0.6) is 11.5 Å². The molecule has 8 heteroatoms. The highest BCUT2D eigenvalue weighted by Gasteiger charge is 2.26. The summed E-state index contributed by atoms with van der Waals surface area (Å²) in [5.74, 6) is 1.89. The number of sulfonamides is 1. The summed E-state index contributed by atoms with van der Waals surface area (Å²) in [4.78, 5) is 14.8. The molecule has 1 saturated heterocycles.